The maximum atomic E-state index is 11.1. The molecule has 0 radical (unpaired) electrons. The zero-order valence-corrected chi connectivity index (χ0v) is 8.95. The molecule has 15 heavy (non-hydrogen) atoms. The van der Waals surface area contributed by atoms with Gasteiger partial charge in [0.1, 0.15) is 5.88 Å². The van der Waals surface area contributed by atoms with E-state index in [0.717, 1.165) is 16.6 Å². The van der Waals surface area contributed by atoms with Crippen molar-refractivity contribution in [3.05, 3.63) is 24.4 Å². The van der Waals surface area contributed by atoms with Crippen molar-refractivity contribution in [2.45, 2.75) is 0 Å². The molecule has 1 heterocycles. The molecule has 1 amide bonds. The van der Waals surface area contributed by atoms with Gasteiger partial charge in [0, 0.05) is 18.1 Å². The molecule has 0 saturated carbocycles. The number of benzene rings is 1. The Hall–Kier alpha value is -1.55. The number of aromatic nitrogens is 2. The van der Waals surface area contributed by atoms with E-state index in [1.54, 1.807) is 10.9 Å². The zero-order valence-electron chi connectivity index (χ0n) is 8.20. The minimum atomic E-state index is -0.208. The third-order valence-electron chi connectivity index (χ3n) is 2.15. The monoisotopic (exact) mass is 223 g/mol. The Morgan fingerprint density at radius 3 is 3.13 bits per heavy atom. The molecule has 0 aliphatic rings. The number of carbonyl (C=O) groups is 1. The summed E-state index contributed by atoms with van der Waals surface area (Å²) in [7, 11) is 1.87. The Kier molecular flexibility index (Phi) is 2.60. The van der Waals surface area contributed by atoms with Gasteiger partial charge < -0.3 is 5.32 Å². The summed E-state index contributed by atoms with van der Waals surface area (Å²) in [6.07, 6.45) is 1.76. The van der Waals surface area contributed by atoms with Crippen molar-refractivity contribution in [3.8, 4) is 0 Å². The van der Waals surface area contributed by atoms with Crippen LogP contribution in [0.4, 0.5) is 5.69 Å². The van der Waals surface area contributed by atoms with Crippen LogP contribution in [0.15, 0.2) is 24.4 Å². The second kappa shape index (κ2) is 3.90. The van der Waals surface area contributed by atoms with Crippen molar-refractivity contribution in [3.63, 3.8) is 0 Å². The van der Waals surface area contributed by atoms with Gasteiger partial charge in [0.15, 0.2) is 0 Å². The van der Waals surface area contributed by atoms with Crippen molar-refractivity contribution < 1.29 is 4.79 Å². The number of halogens is 1. The quantitative estimate of drug-likeness (QED) is 0.789. The minimum absolute atomic E-state index is 0.0366. The first kappa shape index (κ1) is 9.98. The topological polar surface area (TPSA) is 46.9 Å². The van der Waals surface area contributed by atoms with Gasteiger partial charge in [0.2, 0.25) is 5.91 Å². The van der Waals surface area contributed by atoms with E-state index >= 15 is 0 Å². The summed E-state index contributed by atoms with van der Waals surface area (Å²) in [5.74, 6) is -0.245. The van der Waals surface area contributed by atoms with Crippen LogP contribution in [-0.4, -0.2) is 21.6 Å². The smallest absolute Gasteiger partial charge is 0.239 e. The van der Waals surface area contributed by atoms with Crippen LogP contribution in [0.3, 0.4) is 0 Å². The number of nitrogens with zero attached hydrogens (tertiary/aromatic N) is 2. The third kappa shape index (κ3) is 1.94. The van der Waals surface area contributed by atoms with Crippen molar-refractivity contribution >= 4 is 34.1 Å². The molecule has 1 N–H and O–H groups in total. The molecule has 5 heteroatoms. The maximum absolute atomic E-state index is 11.1. The summed E-state index contributed by atoms with van der Waals surface area (Å²) in [6, 6.07) is 5.60. The lowest BCUT2D eigenvalue weighted by Gasteiger charge is -2.02. The van der Waals surface area contributed by atoms with Crippen LogP contribution in [-0.2, 0) is 11.8 Å². The average Bonchev–Trinajstić information content (AvgIpc) is 2.60. The van der Waals surface area contributed by atoms with Crippen molar-refractivity contribution in [1.29, 1.82) is 0 Å². The van der Waals surface area contributed by atoms with Crippen LogP contribution in [0.5, 0.6) is 0 Å². The molecule has 78 valence electrons. The van der Waals surface area contributed by atoms with E-state index in [2.05, 4.69) is 10.4 Å². The van der Waals surface area contributed by atoms with Gasteiger partial charge in [0.05, 0.1) is 11.7 Å². The summed E-state index contributed by atoms with van der Waals surface area (Å²) in [4.78, 5) is 11.1. The number of anilines is 1. The standard InChI is InChI=1S/C10H10ClN3O/c1-14-9-3-2-8(13-10(15)5-11)4-7(9)6-12-14/h2-4,6H,5H2,1H3,(H,13,15). The van der Waals surface area contributed by atoms with Gasteiger partial charge in [-0.2, -0.15) is 5.10 Å². The number of rotatable bonds is 2. The van der Waals surface area contributed by atoms with Gasteiger partial charge in [0.25, 0.3) is 0 Å². The van der Waals surface area contributed by atoms with E-state index in [9.17, 15) is 4.79 Å². The number of carbonyl (C=O) groups excluding carboxylic acids is 1. The first-order valence-electron chi connectivity index (χ1n) is 4.48. The van der Waals surface area contributed by atoms with Crippen LogP contribution in [0.25, 0.3) is 10.9 Å². The predicted molar refractivity (Wildman–Crippen MR) is 60.1 cm³/mol. The molecule has 0 fully saturated rings. The maximum Gasteiger partial charge on any atom is 0.239 e. The highest BCUT2D eigenvalue weighted by Gasteiger charge is 2.03. The third-order valence-corrected chi connectivity index (χ3v) is 2.39. The Morgan fingerprint density at radius 1 is 1.60 bits per heavy atom. The molecule has 0 bridgehead atoms. The van der Waals surface area contributed by atoms with Gasteiger partial charge in [-0.15, -0.1) is 11.6 Å². The molecule has 0 atom stereocenters. The van der Waals surface area contributed by atoms with E-state index in [1.807, 2.05) is 25.2 Å². The van der Waals surface area contributed by atoms with Crippen LogP contribution in [0.2, 0.25) is 0 Å². The summed E-state index contributed by atoms with van der Waals surface area (Å²) in [5.41, 5.74) is 1.76. The van der Waals surface area contributed by atoms with Gasteiger partial charge in [-0.1, -0.05) is 0 Å². The molecular weight excluding hydrogens is 214 g/mol. The number of hydrogen-bond donors (Lipinski definition) is 1. The fraction of sp³-hybridized carbons (Fsp3) is 0.200. The summed E-state index contributed by atoms with van der Waals surface area (Å²) >= 11 is 5.40. The summed E-state index contributed by atoms with van der Waals surface area (Å²) in [5, 5.41) is 7.79. The fourth-order valence-electron chi connectivity index (χ4n) is 1.44. The molecule has 0 unspecified atom stereocenters. The van der Waals surface area contributed by atoms with E-state index in [4.69, 9.17) is 11.6 Å². The fourth-order valence-corrected chi connectivity index (χ4v) is 1.50. The lowest BCUT2D eigenvalue weighted by Crippen LogP contribution is -2.12. The normalized spacial score (nSPS) is 10.5. The van der Waals surface area contributed by atoms with Crippen LogP contribution in [0, 0.1) is 0 Å². The van der Waals surface area contributed by atoms with Crippen LogP contribution >= 0.6 is 11.6 Å². The summed E-state index contributed by atoms with van der Waals surface area (Å²) in [6.45, 7) is 0. The number of fused-ring (bicyclic) bond motifs is 1. The Labute approximate surface area is 91.8 Å². The number of alkyl halides is 1. The van der Waals surface area contributed by atoms with Crippen molar-refractivity contribution in [2.75, 3.05) is 11.2 Å². The van der Waals surface area contributed by atoms with Gasteiger partial charge in [-0.05, 0) is 18.2 Å². The van der Waals surface area contributed by atoms with Crippen molar-refractivity contribution in [2.24, 2.45) is 7.05 Å². The lowest BCUT2D eigenvalue weighted by atomic mass is 10.2. The number of hydrogen-bond acceptors (Lipinski definition) is 2. The molecule has 2 aromatic rings. The molecule has 0 saturated heterocycles. The average molecular weight is 224 g/mol. The van der Waals surface area contributed by atoms with E-state index in [0.29, 0.717) is 0 Å². The van der Waals surface area contributed by atoms with Crippen molar-refractivity contribution in [1.82, 2.24) is 9.78 Å². The SMILES string of the molecule is Cn1ncc2cc(NC(=O)CCl)ccc21. The molecule has 2 rings (SSSR count). The molecule has 0 spiro atoms. The first-order chi connectivity index (χ1) is 7.20. The molecule has 0 aliphatic carbocycles. The number of amides is 1. The van der Waals surface area contributed by atoms with Gasteiger partial charge in [-0.25, -0.2) is 0 Å². The van der Waals surface area contributed by atoms with Gasteiger partial charge >= 0.3 is 0 Å². The number of aryl methyl sites for hydroxylation is 1. The molecule has 1 aromatic heterocycles. The largest absolute Gasteiger partial charge is 0.325 e. The second-order valence-corrected chi connectivity index (χ2v) is 3.49. The second-order valence-electron chi connectivity index (χ2n) is 3.22. The Balaban J connectivity index is 2.35. The molecular formula is C10H10ClN3O. The molecule has 0 aliphatic heterocycles. The highest BCUT2D eigenvalue weighted by Crippen LogP contribution is 2.18. The lowest BCUT2D eigenvalue weighted by molar-refractivity contribution is -0.113. The van der Waals surface area contributed by atoms with E-state index in [1.165, 1.54) is 0 Å². The van der Waals surface area contributed by atoms with Crippen LogP contribution in [0.1, 0.15) is 0 Å². The van der Waals surface area contributed by atoms with E-state index < -0.39 is 0 Å². The molecule has 1 aromatic carbocycles. The Bertz CT molecular complexity index is 506. The first-order valence-corrected chi connectivity index (χ1v) is 5.02. The zero-order chi connectivity index (χ0) is 10.8. The molecule has 4 nitrogen and oxygen atoms in total. The highest BCUT2D eigenvalue weighted by atomic mass is 35.5. The predicted octanol–water partition coefficient (Wildman–Crippen LogP) is 1.75. The van der Waals surface area contributed by atoms with Gasteiger partial charge in [-0.3, -0.25) is 9.48 Å². The summed E-state index contributed by atoms with van der Waals surface area (Å²) < 4.78 is 1.78. The van der Waals surface area contributed by atoms with E-state index in [-0.39, 0.29) is 11.8 Å². The van der Waals surface area contributed by atoms with Crippen LogP contribution < -0.4 is 5.32 Å². The Morgan fingerprint density at radius 2 is 2.40 bits per heavy atom. The minimum Gasteiger partial charge on any atom is -0.325 e. The number of nitrogens with one attached hydrogen (secondary N) is 1. The highest BCUT2D eigenvalue weighted by molar-refractivity contribution is 6.29.